The van der Waals surface area contributed by atoms with Gasteiger partial charge in [-0.1, -0.05) is 0 Å². The third-order valence-corrected chi connectivity index (χ3v) is 4.07. The maximum absolute atomic E-state index is 13.0. The van der Waals surface area contributed by atoms with Gasteiger partial charge in [0.2, 0.25) is 5.92 Å². The minimum atomic E-state index is -2.45. The van der Waals surface area contributed by atoms with E-state index in [1.807, 2.05) is 7.05 Å². The van der Waals surface area contributed by atoms with Crippen LogP contribution in [0.2, 0.25) is 0 Å². The van der Waals surface area contributed by atoms with Gasteiger partial charge in [0.25, 0.3) is 0 Å². The van der Waals surface area contributed by atoms with Crippen LogP contribution < -0.4 is 5.73 Å². The number of hydrogen-bond donors (Lipinski definition) is 1. The molecular weight excluding hydrogens is 186 g/mol. The van der Waals surface area contributed by atoms with Crippen LogP contribution >= 0.6 is 0 Å². The number of nitrogens with zero attached hydrogens (tertiary/aromatic N) is 1. The minimum Gasteiger partial charge on any atom is -0.326 e. The van der Waals surface area contributed by atoms with Crippen LogP contribution in [-0.4, -0.2) is 36.0 Å². The summed E-state index contributed by atoms with van der Waals surface area (Å²) in [5.41, 5.74) is 5.91. The van der Waals surface area contributed by atoms with Crippen molar-refractivity contribution in [3.05, 3.63) is 0 Å². The molecule has 1 aliphatic heterocycles. The lowest BCUT2D eigenvalue weighted by Gasteiger charge is -2.44. The molecule has 1 saturated carbocycles. The molecule has 1 atom stereocenters. The first-order valence-electron chi connectivity index (χ1n) is 5.31. The highest BCUT2D eigenvalue weighted by Crippen LogP contribution is 2.45. The van der Waals surface area contributed by atoms with E-state index in [0.717, 1.165) is 13.0 Å². The summed E-state index contributed by atoms with van der Waals surface area (Å²) < 4.78 is 26.1. The zero-order valence-electron chi connectivity index (χ0n) is 8.60. The van der Waals surface area contributed by atoms with E-state index in [-0.39, 0.29) is 24.4 Å². The third kappa shape index (κ3) is 1.44. The molecule has 0 aromatic rings. The summed E-state index contributed by atoms with van der Waals surface area (Å²) >= 11 is 0. The van der Waals surface area contributed by atoms with Crippen LogP contribution in [0.25, 0.3) is 0 Å². The molecular formula is C10H18F2N2. The van der Waals surface area contributed by atoms with Crippen molar-refractivity contribution in [3.8, 4) is 0 Å². The number of rotatable bonds is 0. The van der Waals surface area contributed by atoms with Crippen molar-refractivity contribution in [1.82, 2.24) is 4.90 Å². The van der Waals surface area contributed by atoms with Gasteiger partial charge in [0.15, 0.2) is 0 Å². The first-order chi connectivity index (χ1) is 6.46. The van der Waals surface area contributed by atoms with E-state index in [9.17, 15) is 8.78 Å². The SMILES string of the molecule is CN1CCC(N)C12CCC(F)(F)CC2. The van der Waals surface area contributed by atoms with E-state index in [1.54, 1.807) is 0 Å². The Bertz CT molecular complexity index is 208. The van der Waals surface area contributed by atoms with E-state index in [2.05, 4.69) is 4.90 Å². The zero-order valence-corrected chi connectivity index (χ0v) is 8.60. The molecule has 82 valence electrons. The van der Waals surface area contributed by atoms with Crippen LogP contribution in [0.5, 0.6) is 0 Å². The van der Waals surface area contributed by atoms with E-state index in [0.29, 0.717) is 12.8 Å². The molecule has 2 N–H and O–H groups in total. The molecule has 0 aromatic carbocycles. The molecule has 2 nitrogen and oxygen atoms in total. The maximum Gasteiger partial charge on any atom is 0.248 e. The number of likely N-dealkylation sites (N-methyl/N-ethyl adjacent to an activating group) is 1. The Labute approximate surface area is 83.4 Å². The van der Waals surface area contributed by atoms with Crippen LogP contribution in [-0.2, 0) is 0 Å². The van der Waals surface area contributed by atoms with Gasteiger partial charge in [-0.25, -0.2) is 8.78 Å². The molecule has 1 saturated heterocycles. The molecule has 2 aliphatic rings. The lowest BCUT2D eigenvalue weighted by molar-refractivity contribution is -0.0724. The summed E-state index contributed by atoms with van der Waals surface area (Å²) in [6.45, 7) is 0.951. The van der Waals surface area contributed by atoms with E-state index < -0.39 is 5.92 Å². The Morgan fingerprint density at radius 1 is 1.21 bits per heavy atom. The molecule has 1 unspecified atom stereocenters. The Morgan fingerprint density at radius 2 is 1.79 bits per heavy atom. The topological polar surface area (TPSA) is 29.3 Å². The quantitative estimate of drug-likeness (QED) is 0.649. The van der Waals surface area contributed by atoms with Crippen molar-refractivity contribution in [1.29, 1.82) is 0 Å². The van der Waals surface area contributed by atoms with Crippen molar-refractivity contribution in [2.45, 2.75) is 49.6 Å². The minimum absolute atomic E-state index is 0.00500. The molecule has 1 spiro atoms. The molecule has 0 amide bonds. The van der Waals surface area contributed by atoms with E-state index in [1.165, 1.54) is 0 Å². The van der Waals surface area contributed by atoms with Crippen LogP contribution in [0.4, 0.5) is 8.78 Å². The van der Waals surface area contributed by atoms with Crippen LogP contribution in [0, 0.1) is 0 Å². The van der Waals surface area contributed by atoms with Gasteiger partial charge in [-0.2, -0.15) is 0 Å². The van der Waals surface area contributed by atoms with E-state index in [4.69, 9.17) is 5.73 Å². The van der Waals surface area contributed by atoms with Crippen LogP contribution in [0.1, 0.15) is 32.1 Å². The Morgan fingerprint density at radius 3 is 2.21 bits per heavy atom. The van der Waals surface area contributed by atoms with Gasteiger partial charge < -0.3 is 5.73 Å². The normalized spacial score (nSPS) is 36.4. The number of alkyl halides is 2. The fraction of sp³-hybridized carbons (Fsp3) is 1.00. The predicted molar refractivity (Wildman–Crippen MR) is 51.4 cm³/mol. The molecule has 0 radical (unpaired) electrons. The smallest absolute Gasteiger partial charge is 0.248 e. The second-order valence-corrected chi connectivity index (χ2v) is 4.78. The first-order valence-corrected chi connectivity index (χ1v) is 5.31. The van der Waals surface area contributed by atoms with Crippen molar-refractivity contribution in [3.63, 3.8) is 0 Å². The second kappa shape index (κ2) is 3.14. The summed E-state index contributed by atoms with van der Waals surface area (Å²) in [5, 5.41) is 0. The van der Waals surface area contributed by atoms with Gasteiger partial charge in [-0.3, -0.25) is 4.90 Å². The highest BCUT2D eigenvalue weighted by Gasteiger charge is 2.51. The Balaban J connectivity index is 2.11. The first kappa shape index (κ1) is 10.3. The fourth-order valence-electron chi connectivity index (χ4n) is 2.91. The standard InChI is InChI=1S/C10H18F2N2/c1-14-7-2-8(13)9(14)3-5-10(11,12)6-4-9/h8H,2-7,13H2,1H3. The maximum atomic E-state index is 13.0. The fourth-order valence-corrected chi connectivity index (χ4v) is 2.91. The summed E-state index contributed by atoms with van der Waals surface area (Å²) in [6, 6.07) is 0.0867. The lowest BCUT2D eigenvalue weighted by Crippen LogP contribution is -2.55. The number of hydrogen-bond acceptors (Lipinski definition) is 2. The third-order valence-electron chi connectivity index (χ3n) is 4.07. The predicted octanol–water partition coefficient (Wildman–Crippen LogP) is 1.60. The highest BCUT2D eigenvalue weighted by molar-refractivity contribution is 5.06. The molecule has 0 aromatic heterocycles. The molecule has 1 heterocycles. The van der Waals surface area contributed by atoms with Crippen molar-refractivity contribution >= 4 is 0 Å². The zero-order chi connectivity index (χ0) is 10.4. The van der Waals surface area contributed by atoms with Gasteiger partial charge in [-0.15, -0.1) is 0 Å². The number of nitrogens with two attached hydrogens (primary N) is 1. The van der Waals surface area contributed by atoms with Crippen molar-refractivity contribution < 1.29 is 8.78 Å². The summed E-state index contributed by atoms with van der Waals surface area (Å²) in [6.07, 6.45) is 2.06. The number of halogens is 2. The molecule has 1 aliphatic carbocycles. The molecule has 2 fully saturated rings. The summed E-state index contributed by atoms with van der Waals surface area (Å²) in [5.74, 6) is -2.45. The molecule has 4 heteroatoms. The summed E-state index contributed by atoms with van der Waals surface area (Å²) in [4.78, 5) is 2.19. The largest absolute Gasteiger partial charge is 0.326 e. The van der Waals surface area contributed by atoms with E-state index >= 15 is 0 Å². The van der Waals surface area contributed by atoms with Gasteiger partial charge in [-0.05, 0) is 32.9 Å². The second-order valence-electron chi connectivity index (χ2n) is 4.78. The Kier molecular flexibility index (Phi) is 2.31. The molecule has 0 bridgehead atoms. The van der Waals surface area contributed by atoms with Gasteiger partial charge in [0.05, 0.1) is 0 Å². The average molecular weight is 204 g/mol. The molecule has 14 heavy (non-hydrogen) atoms. The summed E-state index contributed by atoms with van der Waals surface area (Å²) in [7, 11) is 2.01. The lowest BCUT2D eigenvalue weighted by atomic mass is 9.76. The van der Waals surface area contributed by atoms with Gasteiger partial charge >= 0.3 is 0 Å². The van der Waals surface area contributed by atoms with Crippen LogP contribution in [0.3, 0.4) is 0 Å². The van der Waals surface area contributed by atoms with Crippen LogP contribution in [0.15, 0.2) is 0 Å². The average Bonchev–Trinajstić information content (AvgIpc) is 2.39. The van der Waals surface area contributed by atoms with Gasteiger partial charge in [0.1, 0.15) is 0 Å². The van der Waals surface area contributed by atoms with Gasteiger partial charge in [0, 0.05) is 24.4 Å². The Hall–Kier alpha value is -0.220. The monoisotopic (exact) mass is 204 g/mol. The highest BCUT2D eigenvalue weighted by atomic mass is 19.3. The van der Waals surface area contributed by atoms with Crippen molar-refractivity contribution in [2.75, 3.05) is 13.6 Å². The van der Waals surface area contributed by atoms with Crippen molar-refractivity contribution in [2.24, 2.45) is 5.73 Å². The number of likely N-dealkylation sites (tertiary alicyclic amines) is 1. The molecule has 2 rings (SSSR count).